The van der Waals surface area contributed by atoms with Crippen molar-refractivity contribution < 1.29 is 16.8 Å². The zero-order chi connectivity index (χ0) is 26.2. The Morgan fingerprint density at radius 3 is 0.476 bits per heavy atom. The molecule has 8 unspecified atom stereocenters. The molecular weight excluding hydrogens is 567 g/mol. The molecule has 9 fully saturated rings. The molecule has 42 heavy (non-hydrogen) atoms. The Morgan fingerprint density at radius 2 is 0.357 bits per heavy atom. The topological polar surface area (TPSA) is 96.2 Å². The van der Waals surface area contributed by atoms with Gasteiger partial charge in [-0.15, -0.1) is 0 Å². The van der Waals surface area contributed by atoms with Crippen LogP contribution < -0.4 is 42.5 Å². The van der Waals surface area contributed by atoms with Gasteiger partial charge in [-0.2, -0.15) is 0 Å². The van der Waals surface area contributed by atoms with Gasteiger partial charge in [-0.25, -0.2) is 0 Å². The average molecular weight is 628 g/mol. The summed E-state index contributed by atoms with van der Waals surface area (Å²) in [5.41, 5.74) is 0. The second kappa shape index (κ2) is 12.8. The first kappa shape index (κ1) is 30.8. The quantitative estimate of drug-likeness (QED) is 0.208. The summed E-state index contributed by atoms with van der Waals surface area (Å²) in [5.74, 6) is 5.97. The summed E-state index contributed by atoms with van der Waals surface area (Å²) in [7, 11) is 0. The molecule has 1 radical (unpaired) electrons. The molecule has 8 bridgehead atoms. The van der Waals surface area contributed by atoms with Crippen LogP contribution in [0.4, 0.5) is 0 Å². The first-order valence-corrected chi connectivity index (χ1v) is 17.9. The third-order valence-corrected chi connectivity index (χ3v) is 13.8. The minimum Gasteiger partial charge on any atom is -0.286 e. The summed E-state index contributed by atoms with van der Waals surface area (Å²) in [6.07, 6.45) is 25.6. The van der Waals surface area contributed by atoms with Gasteiger partial charge in [0, 0.05) is 16.8 Å². The molecule has 9 aliphatic rings. The predicted octanol–water partition coefficient (Wildman–Crippen LogP) is 3.24. The molecule has 0 aromatic heterocycles. The molecule has 9 heteroatoms. The maximum absolute atomic E-state index is 4.26. The smallest absolute Gasteiger partial charge is 0.0628 e. The van der Waals surface area contributed by atoms with Gasteiger partial charge in [0.15, 0.2) is 0 Å². The molecule has 5 aliphatic heterocycles. The molecule has 0 aromatic carbocycles. The van der Waals surface area contributed by atoms with E-state index in [0.29, 0.717) is 49.3 Å². The van der Waals surface area contributed by atoms with Crippen LogP contribution in [0.3, 0.4) is 0 Å². The average Bonchev–Trinajstić information content (AvgIpc) is 3.73. The van der Waals surface area contributed by atoms with Gasteiger partial charge < -0.3 is 0 Å². The van der Waals surface area contributed by atoms with Crippen molar-refractivity contribution >= 4 is 0 Å². The summed E-state index contributed by atoms with van der Waals surface area (Å²) in [5, 5.41) is 33.8. The van der Waals surface area contributed by atoms with Gasteiger partial charge in [0.25, 0.3) is 0 Å². The second-order valence-electron chi connectivity index (χ2n) is 15.6. The van der Waals surface area contributed by atoms with E-state index in [1.165, 1.54) is 103 Å². The first-order chi connectivity index (χ1) is 19.8. The van der Waals surface area contributed by atoms with Crippen LogP contribution in [-0.4, -0.2) is 49.3 Å². The van der Waals surface area contributed by atoms with Gasteiger partial charge in [0.05, 0.1) is 49.3 Å². The molecule has 0 spiro atoms. The van der Waals surface area contributed by atoms with Crippen molar-refractivity contribution in [1.29, 1.82) is 0 Å². The molecular formula is C33H60CoN8. The summed E-state index contributed by atoms with van der Waals surface area (Å²) in [6.45, 7) is 0. The Kier molecular flexibility index (Phi) is 9.37. The summed E-state index contributed by atoms with van der Waals surface area (Å²) in [6, 6.07) is 0. The maximum atomic E-state index is 4.26. The molecule has 8 N–H and O–H groups in total. The maximum Gasteiger partial charge on any atom is 0.0628 e. The monoisotopic (exact) mass is 627 g/mol. The summed E-state index contributed by atoms with van der Waals surface area (Å²) < 4.78 is 0. The molecule has 4 saturated carbocycles. The van der Waals surface area contributed by atoms with Gasteiger partial charge in [0.2, 0.25) is 0 Å². The molecule has 4 aliphatic carbocycles. The third kappa shape index (κ3) is 5.27. The number of nitrogens with one attached hydrogen (secondary N) is 8. The van der Waals surface area contributed by atoms with E-state index in [0.717, 1.165) is 47.3 Å². The minimum atomic E-state index is 0. The standard InChI is InChI=1S/C32H56N8.CH4.Co/c1-2-10-18-17(9-1)25-33-26(18)38-28-21-13-5-6-14-22(21)30(35-28)40-32-24-16-8-7-15-23(24)31(36-32)39-29-20-12-4-3-11-19(20)27(34-29)37-25;;/h17-40H,1-16H2;1H4;. The van der Waals surface area contributed by atoms with E-state index in [1.807, 2.05) is 0 Å². The van der Waals surface area contributed by atoms with Crippen molar-refractivity contribution in [1.82, 2.24) is 42.5 Å². The van der Waals surface area contributed by atoms with E-state index in [-0.39, 0.29) is 24.2 Å². The van der Waals surface area contributed by atoms with Gasteiger partial charge in [-0.1, -0.05) is 58.8 Å². The number of fused-ring (bicyclic) bond motifs is 20. The van der Waals surface area contributed by atoms with Crippen molar-refractivity contribution in [3.8, 4) is 0 Å². The Balaban J connectivity index is 0.00000144. The van der Waals surface area contributed by atoms with Crippen LogP contribution in [0.5, 0.6) is 0 Å². The summed E-state index contributed by atoms with van der Waals surface area (Å²) >= 11 is 0. The zero-order valence-electron chi connectivity index (χ0n) is 24.9. The molecule has 241 valence electrons. The van der Waals surface area contributed by atoms with Gasteiger partial charge in [-0.3, -0.25) is 42.5 Å². The van der Waals surface area contributed by atoms with Crippen LogP contribution in [0, 0.1) is 47.3 Å². The fraction of sp³-hybridized carbons (Fsp3) is 1.00. The van der Waals surface area contributed by atoms with Crippen molar-refractivity contribution in [2.75, 3.05) is 0 Å². The number of hydrogen-bond acceptors (Lipinski definition) is 8. The van der Waals surface area contributed by atoms with E-state index in [1.54, 1.807) is 0 Å². The van der Waals surface area contributed by atoms with Crippen LogP contribution in [-0.2, 0) is 16.8 Å². The fourth-order valence-electron chi connectivity index (χ4n) is 12.0. The van der Waals surface area contributed by atoms with E-state index in [2.05, 4.69) is 42.5 Å². The van der Waals surface area contributed by atoms with Crippen molar-refractivity contribution in [3.63, 3.8) is 0 Å². The van der Waals surface area contributed by atoms with Crippen LogP contribution in [0.15, 0.2) is 0 Å². The van der Waals surface area contributed by atoms with E-state index in [9.17, 15) is 0 Å². The molecule has 5 heterocycles. The molecule has 0 aromatic rings. The Morgan fingerprint density at radius 1 is 0.238 bits per heavy atom. The van der Waals surface area contributed by atoms with Crippen molar-refractivity contribution in [2.24, 2.45) is 47.3 Å². The molecule has 0 amide bonds. The van der Waals surface area contributed by atoms with E-state index < -0.39 is 0 Å². The minimum absolute atomic E-state index is 0. The third-order valence-electron chi connectivity index (χ3n) is 13.8. The van der Waals surface area contributed by atoms with E-state index in [4.69, 9.17) is 0 Å². The van der Waals surface area contributed by atoms with Crippen LogP contribution in [0.2, 0.25) is 0 Å². The Bertz CT molecular complexity index is 716. The predicted molar refractivity (Wildman–Crippen MR) is 164 cm³/mol. The second-order valence-corrected chi connectivity index (χ2v) is 15.6. The van der Waals surface area contributed by atoms with Gasteiger partial charge >= 0.3 is 0 Å². The SMILES string of the molecule is C.C1CCC2C3NC(NC4NC(NC5NC(NC6NC(N3)C3CCCCC63)C3CCCCC53)C3CCCCC43)C2C1.[Co]. The van der Waals surface area contributed by atoms with Gasteiger partial charge in [-0.05, 0) is 98.7 Å². The van der Waals surface area contributed by atoms with Crippen molar-refractivity contribution in [3.05, 3.63) is 0 Å². The number of hydrogen-bond donors (Lipinski definition) is 8. The zero-order valence-corrected chi connectivity index (χ0v) is 25.9. The summed E-state index contributed by atoms with van der Waals surface area (Å²) in [4.78, 5) is 0. The van der Waals surface area contributed by atoms with Crippen molar-refractivity contribution in [2.45, 2.75) is 159 Å². The van der Waals surface area contributed by atoms with Crippen LogP contribution in [0.25, 0.3) is 0 Å². The number of rotatable bonds is 0. The fourth-order valence-corrected chi connectivity index (χ4v) is 12.0. The molecule has 8 nitrogen and oxygen atoms in total. The van der Waals surface area contributed by atoms with Gasteiger partial charge in [0.1, 0.15) is 0 Å². The largest absolute Gasteiger partial charge is 0.286 e. The first-order valence-electron chi connectivity index (χ1n) is 17.9. The van der Waals surface area contributed by atoms with E-state index >= 15 is 0 Å². The Hall–Kier alpha value is 0.186. The molecule has 9 rings (SSSR count). The van der Waals surface area contributed by atoms with Crippen LogP contribution in [0.1, 0.15) is 110 Å². The normalized spacial score (nSPS) is 54.9. The van der Waals surface area contributed by atoms with Crippen LogP contribution >= 0.6 is 0 Å². The molecule has 8 atom stereocenters. The Labute approximate surface area is 265 Å². The molecule has 5 saturated heterocycles.